The molecule has 0 saturated carbocycles. The van der Waals surface area contributed by atoms with E-state index < -0.39 is 0 Å². The zero-order valence-corrected chi connectivity index (χ0v) is 9.96. The Labute approximate surface area is 108 Å². The van der Waals surface area contributed by atoms with Gasteiger partial charge in [-0.15, -0.1) is 0 Å². The lowest BCUT2D eigenvalue weighted by molar-refractivity contribution is 0.319. The molecule has 0 amide bonds. The van der Waals surface area contributed by atoms with Gasteiger partial charge in [0.2, 0.25) is 0 Å². The van der Waals surface area contributed by atoms with Crippen LogP contribution in [-0.4, -0.2) is 21.1 Å². The summed E-state index contributed by atoms with van der Waals surface area (Å²) < 4.78 is 0. The zero-order chi connectivity index (χ0) is 13.1. The Hall–Kier alpha value is -2.20. The molecule has 92 valence electrons. The first-order valence-electron chi connectivity index (χ1n) is 5.12. The average molecular weight is 264 g/mol. The number of oxime groups is 1. The smallest absolute Gasteiger partial charge is 0.128 e. The molecule has 0 spiro atoms. The minimum Gasteiger partial charge on any atom is -0.508 e. The molecule has 2 rings (SSSR count). The summed E-state index contributed by atoms with van der Waals surface area (Å²) in [5.74, 6) is -0.234. The molecule has 0 bridgehead atoms. The summed E-state index contributed by atoms with van der Waals surface area (Å²) in [6.07, 6.45) is 0. The normalized spacial score (nSPS) is 11.5. The monoisotopic (exact) mass is 263 g/mol. The van der Waals surface area contributed by atoms with Gasteiger partial charge in [-0.3, -0.25) is 0 Å². The third kappa shape index (κ3) is 2.38. The molecular formula is C13H10ClNO3. The van der Waals surface area contributed by atoms with Crippen molar-refractivity contribution in [3.63, 3.8) is 0 Å². The highest BCUT2D eigenvalue weighted by molar-refractivity contribution is 6.30. The highest BCUT2D eigenvalue weighted by Crippen LogP contribution is 2.25. The Morgan fingerprint density at radius 1 is 1.00 bits per heavy atom. The van der Waals surface area contributed by atoms with E-state index in [1.807, 2.05) is 0 Å². The first-order chi connectivity index (χ1) is 8.61. The number of phenolic OH excluding ortho intramolecular Hbond substituents is 2. The topological polar surface area (TPSA) is 73.1 Å². The molecule has 5 heteroatoms. The number of hydrogen-bond acceptors (Lipinski definition) is 4. The third-order valence-electron chi connectivity index (χ3n) is 2.45. The summed E-state index contributed by atoms with van der Waals surface area (Å²) in [7, 11) is 0. The number of halogens is 1. The van der Waals surface area contributed by atoms with Crippen molar-refractivity contribution in [2.75, 3.05) is 0 Å². The second kappa shape index (κ2) is 4.98. The molecule has 0 heterocycles. The second-order valence-corrected chi connectivity index (χ2v) is 4.09. The fourth-order valence-electron chi connectivity index (χ4n) is 1.60. The number of phenols is 2. The Kier molecular flexibility index (Phi) is 3.39. The quantitative estimate of drug-likeness (QED) is 0.443. The molecule has 0 radical (unpaired) electrons. The summed E-state index contributed by atoms with van der Waals surface area (Å²) in [5.41, 5.74) is 1.12. The molecule has 3 N–H and O–H groups in total. The highest BCUT2D eigenvalue weighted by Gasteiger charge is 2.12. The van der Waals surface area contributed by atoms with Crippen molar-refractivity contribution < 1.29 is 15.4 Å². The summed E-state index contributed by atoms with van der Waals surface area (Å²) in [4.78, 5) is 0. The minimum atomic E-state index is -0.169. The molecule has 0 aliphatic carbocycles. The van der Waals surface area contributed by atoms with Gasteiger partial charge < -0.3 is 15.4 Å². The fraction of sp³-hybridized carbons (Fsp3) is 0. The maximum atomic E-state index is 9.73. The van der Waals surface area contributed by atoms with Crippen LogP contribution in [-0.2, 0) is 0 Å². The van der Waals surface area contributed by atoms with Crippen LogP contribution in [0.2, 0.25) is 5.02 Å². The molecule has 0 saturated heterocycles. The summed E-state index contributed by atoms with van der Waals surface area (Å²) in [6, 6.07) is 10.7. The van der Waals surface area contributed by atoms with Crippen molar-refractivity contribution in [2.45, 2.75) is 0 Å². The maximum Gasteiger partial charge on any atom is 0.128 e. The first-order valence-corrected chi connectivity index (χ1v) is 5.50. The predicted molar refractivity (Wildman–Crippen MR) is 68.6 cm³/mol. The molecule has 0 aliphatic heterocycles. The van der Waals surface area contributed by atoms with Crippen LogP contribution < -0.4 is 0 Å². The molecule has 0 atom stereocenters. The Morgan fingerprint density at radius 2 is 1.67 bits per heavy atom. The molecule has 2 aromatic carbocycles. The van der Waals surface area contributed by atoms with Crippen LogP contribution in [0.15, 0.2) is 47.6 Å². The number of nitrogens with zero attached hydrogens (tertiary/aromatic N) is 1. The third-order valence-corrected chi connectivity index (χ3v) is 2.71. The van der Waals surface area contributed by atoms with Crippen molar-refractivity contribution in [3.8, 4) is 11.5 Å². The van der Waals surface area contributed by atoms with Gasteiger partial charge >= 0.3 is 0 Å². The SMILES string of the molecule is O/N=C(/c1ccc(Cl)cc1)c1ccc(O)cc1O. The van der Waals surface area contributed by atoms with Gasteiger partial charge in [0, 0.05) is 22.2 Å². The van der Waals surface area contributed by atoms with Crippen LogP contribution >= 0.6 is 11.6 Å². The van der Waals surface area contributed by atoms with Crippen molar-refractivity contribution in [1.82, 2.24) is 0 Å². The van der Waals surface area contributed by atoms with E-state index in [1.165, 1.54) is 18.2 Å². The summed E-state index contributed by atoms with van der Waals surface area (Å²) in [5, 5.41) is 31.8. The molecule has 0 unspecified atom stereocenters. The van der Waals surface area contributed by atoms with Gasteiger partial charge in [-0.25, -0.2) is 0 Å². The lowest BCUT2D eigenvalue weighted by Gasteiger charge is -2.07. The molecule has 2 aromatic rings. The highest BCUT2D eigenvalue weighted by atomic mass is 35.5. The Balaban J connectivity index is 2.49. The zero-order valence-electron chi connectivity index (χ0n) is 9.21. The van der Waals surface area contributed by atoms with Gasteiger partial charge in [-0.05, 0) is 24.3 Å². The van der Waals surface area contributed by atoms with E-state index in [0.29, 0.717) is 16.1 Å². The van der Waals surface area contributed by atoms with Gasteiger partial charge in [0.15, 0.2) is 0 Å². The van der Waals surface area contributed by atoms with E-state index in [0.717, 1.165) is 0 Å². The molecule has 0 fully saturated rings. The van der Waals surface area contributed by atoms with Crippen LogP contribution in [0.5, 0.6) is 11.5 Å². The van der Waals surface area contributed by atoms with E-state index in [2.05, 4.69) is 5.16 Å². The molecule has 0 aromatic heterocycles. The second-order valence-electron chi connectivity index (χ2n) is 3.66. The summed E-state index contributed by atoms with van der Waals surface area (Å²) >= 11 is 5.77. The van der Waals surface area contributed by atoms with Crippen LogP contribution in [0.25, 0.3) is 0 Å². The van der Waals surface area contributed by atoms with Crippen molar-refractivity contribution in [3.05, 3.63) is 58.6 Å². The van der Waals surface area contributed by atoms with Gasteiger partial charge in [0.05, 0.1) is 0 Å². The van der Waals surface area contributed by atoms with Crippen LogP contribution in [0.1, 0.15) is 11.1 Å². The fourth-order valence-corrected chi connectivity index (χ4v) is 1.72. The average Bonchev–Trinajstić information content (AvgIpc) is 2.35. The largest absolute Gasteiger partial charge is 0.508 e. The van der Waals surface area contributed by atoms with Gasteiger partial charge in [0.1, 0.15) is 17.2 Å². The molecular weight excluding hydrogens is 254 g/mol. The van der Waals surface area contributed by atoms with Crippen molar-refractivity contribution in [1.29, 1.82) is 0 Å². The first kappa shape index (κ1) is 12.3. The van der Waals surface area contributed by atoms with E-state index >= 15 is 0 Å². The van der Waals surface area contributed by atoms with Crippen LogP contribution in [0, 0.1) is 0 Å². The Morgan fingerprint density at radius 3 is 2.22 bits per heavy atom. The molecule has 0 aliphatic rings. The van der Waals surface area contributed by atoms with E-state index in [1.54, 1.807) is 24.3 Å². The lowest BCUT2D eigenvalue weighted by atomic mass is 10.0. The van der Waals surface area contributed by atoms with Gasteiger partial charge in [0.25, 0.3) is 0 Å². The molecule has 18 heavy (non-hydrogen) atoms. The van der Waals surface area contributed by atoms with E-state index in [9.17, 15) is 10.2 Å². The number of hydrogen-bond donors (Lipinski definition) is 3. The molecule has 4 nitrogen and oxygen atoms in total. The number of benzene rings is 2. The van der Waals surface area contributed by atoms with Crippen molar-refractivity contribution >= 4 is 17.3 Å². The number of rotatable bonds is 2. The number of aromatic hydroxyl groups is 2. The maximum absolute atomic E-state index is 9.73. The van der Waals surface area contributed by atoms with E-state index in [4.69, 9.17) is 16.8 Å². The van der Waals surface area contributed by atoms with Crippen molar-refractivity contribution in [2.24, 2.45) is 5.16 Å². The Bertz CT molecular complexity index is 594. The van der Waals surface area contributed by atoms with Crippen LogP contribution in [0.3, 0.4) is 0 Å². The standard InChI is InChI=1S/C13H10ClNO3/c14-9-3-1-8(2-4-9)13(15-18)11-6-5-10(16)7-12(11)17/h1-7,16-18H/b15-13-. The van der Waals surface area contributed by atoms with Gasteiger partial charge in [-0.1, -0.05) is 28.9 Å². The predicted octanol–water partition coefficient (Wildman–Crippen LogP) is 2.98. The summed E-state index contributed by atoms with van der Waals surface area (Å²) in [6.45, 7) is 0. The van der Waals surface area contributed by atoms with E-state index in [-0.39, 0.29) is 17.2 Å². The lowest BCUT2D eigenvalue weighted by Crippen LogP contribution is -2.03. The van der Waals surface area contributed by atoms with Gasteiger partial charge in [-0.2, -0.15) is 0 Å². The minimum absolute atomic E-state index is 0.0651. The van der Waals surface area contributed by atoms with Crippen LogP contribution in [0.4, 0.5) is 0 Å².